The van der Waals surface area contributed by atoms with Crippen LogP contribution in [0.15, 0.2) is 0 Å². The van der Waals surface area contributed by atoms with E-state index in [0.29, 0.717) is 18.7 Å². The van der Waals surface area contributed by atoms with E-state index in [1.165, 1.54) is 58.3 Å². The van der Waals surface area contributed by atoms with Crippen LogP contribution in [-0.2, 0) is 4.79 Å². The minimum atomic E-state index is 0.0647. The lowest BCUT2D eigenvalue weighted by molar-refractivity contribution is -0.971. The van der Waals surface area contributed by atoms with Gasteiger partial charge >= 0.3 is 0 Å². The smallest absolute Gasteiger partial charge is 0.193 e. The molecule has 0 saturated carbocycles. The molecule has 0 aromatic heterocycles. The molecule has 0 radical (unpaired) electrons. The van der Waals surface area contributed by atoms with Crippen molar-refractivity contribution in [3.05, 3.63) is 0 Å². The first-order chi connectivity index (χ1) is 9.79. The summed E-state index contributed by atoms with van der Waals surface area (Å²) in [5.41, 5.74) is 5.48. The summed E-state index contributed by atoms with van der Waals surface area (Å²) in [5, 5.41) is 3.35. The van der Waals surface area contributed by atoms with Crippen LogP contribution >= 0.6 is 0 Å². The van der Waals surface area contributed by atoms with Crippen LogP contribution in [0.1, 0.15) is 57.8 Å². The Kier molecular flexibility index (Phi) is 6.46. The molecule has 3 rings (SSSR count). The van der Waals surface area contributed by atoms with Gasteiger partial charge in [0.05, 0.1) is 19.5 Å². The third kappa shape index (κ3) is 3.80. The van der Waals surface area contributed by atoms with E-state index in [-0.39, 0.29) is 5.54 Å². The van der Waals surface area contributed by atoms with Crippen LogP contribution in [0.5, 0.6) is 0 Å². The molecule has 3 heterocycles. The van der Waals surface area contributed by atoms with Crippen molar-refractivity contribution in [1.29, 1.82) is 0 Å². The highest BCUT2D eigenvalue weighted by Gasteiger charge is 2.57. The third-order valence-corrected chi connectivity index (χ3v) is 5.21. The van der Waals surface area contributed by atoms with Gasteiger partial charge in [-0.1, -0.05) is 12.8 Å². The molecule has 0 aliphatic carbocycles. The van der Waals surface area contributed by atoms with E-state index in [1.54, 1.807) is 4.90 Å². The highest BCUT2D eigenvalue weighted by Crippen LogP contribution is 2.26. The van der Waals surface area contributed by atoms with E-state index in [1.807, 2.05) is 0 Å². The molecule has 4 N–H and O–H groups in total. The summed E-state index contributed by atoms with van der Waals surface area (Å²) in [7, 11) is 0. The zero-order valence-electron chi connectivity index (χ0n) is 12.9. The minimum Gasteiger partial charge on any atom is -0.330 e. The molecule has 3 aliphatic heterocycles. The number of hydrogen-bond acceptors (Lipinski definition) is 3. The van der Waals surface area contributed by atoms with Gasteiger partial charge < -0.3 is 16.0 Å². The van der Waals surface area contributed by atoms with Crippen LogP contribution in [0.3, 0.4) is 0 Å². The Labute approximate surface area is 123 Å². The van der Waals surface area contributed by atoms with Crippen molar-refractivity contribution in [3.8, 4) is 0 Å². The monoisotopic (exact) mass is 282 g/mol. The van der Waals surface area contributed by atoms with Gasteiger partial charge in [0.2, 0.25) is 0 Å². The fraction of sp³-hybridized carbons (Fsp3) is 0.938. The molecular weight excluding hydrogens is 250 g/mol. The fourth-order valence-corrected chi connectivity index (χ4v) is 3.83. The first-order valence-electron chi connectivity index (χ1n) is 8.59. The molecule has 0 aromatic carbocycles. The number of carbonyl (C=O) groups excluding carboxylic acids is 1. The molecule has 2 unspecified atom stereocenters. The summed E-state index contributed by atoms with van der Waals surface area (Å²) in [6.45, 7) is 5.58. The molecule has 4 heteroatoms. The van der Waals surface area contributed by atoms with Crippen molar-refractivity contribution in [3.63, 3.8) is 0 Å². The zero-order valence-corrected chi connectivity index (χ0v) is 12.9. The van der Waals surface area contributed by atoms with E-state index in [4.69, 9.17) is 5.73 Å². The second-order valence-corrected chi connectivity index (χ2v) is 6.52. The number of nitrogens with one attached hydrogen (secondary N) is 2. The van der Waals surface area contributed by atoms with Gasteiger partial charge in [0, 0.05) is 19.3 Å². The summed E-state index contributed by atoms with van der Waals surface area (Å²) < 4.78 is 0. The summed E-state index contributed by atoms with van der Waals surface area (Å²) >= 11 is 0. The normalized spacial score (nSPS) is 32.4. The predicted octanol–water partition coefficient (Wildman–Crippen LogP) is 0.266. The lowest BCUT2D eigenvalue weighted by atomic mass is 9.79. The third-order valence-electron chi connectivity index (χ3n) is 5.21. The van der Waals surface area contributed by atoms with Gasteiger partial charge in [-0.25, -0.2) is 0 Å². The summed E-state index contributed by atoms with van der Waals surface area (Å²) in [6.07, 6.45) is 10.7. The maximum Gasteiger partial charge on any atom is 0.193 e. The van der Waals surface area contributed by atoms with Crippen molar-refractivity contribution in [1.82, 2.24) is 5.32 Å². The number of fused-ring (bicyclic) bond motifs is 1. The molecule has 3 fully saturated rings. The molecule has 0 spiro atoms. The number of carbonyl (C=O) groups is 1. The minimum absolute atomic E-state index is 0.0647. The first kappa shape index (κ1) is 15.9. The highest BCUT2D eigenvalue weighted by atomic mass is 16.1. The van der Waals surface area contributed by atoms with Crippen molar-refractivity contribution in [2.45, 2.75) is 63.3 Å². The average molecular weight is 282 g/mol. The van der Waals surface area contributed by atoms with Crippen molar-refractivity contribution in [2.75, 3.05) is 32.7 Å². The lowest BCUT2D eigenvalue weighted by Gasteiger charge is -2.42. The van der Waals surface area contributed by atoms with Crippen molar-refractivity contribution < 1.29 is 9.69 Å². The number of quaternary nitrogens is 1. The number of rotatable bonds is 4. The Balaban J connectivity index is 0.000000178. The SMILES string of the molecule is C1CCCNCC1.NCCCC(=O)C12CCC[NH+]1CC2. The molecule has 3 saturated heterocycles. The van der Waals surface area contributed by atoms with Gasteiger partial charge in [0.25, 0.3) is 0 Å². The number of Topliss-reactive ketones (excluding diaryl/α,β-unsaturated/α-hetero) is 1. The van der Waals surface area contributed by atoms with E-state index in [2.05, 4.69) is 5.32 Å². The summed E-state index contributed by atoms with van der Waals surface area (Å²) in [6, 6.07) is 0. The van der Waals surface area contributed by atoms with Crippen LogP contribution in [0, 0.1) is 0 Å². The van der Waals surface area contributed by atoms with E-state index < -0.39 is 0 Å². The van der Waals surface area contributed by atoms with Gasteiger partial charge in [0.15, 0.2) is 11.3 Å². The number of hydrogen-bond donors (Lipinski definition) is 3. The fourth-order valence-electron chi connectivity index (χ4n) is 3.83. The quantitative estimate of drug-likeness (QED) is 0.693. The standard InChI is InChI=1S/C10H18N2O.C6H13N/c11-6-1-3-9(13)10-4-2-7-12(10)8-5-10;1-2-4-6-7-5-3-1/h1-8,11H2;7H,1-6H2/p+1. The average Bonchev–Trinajstić information content (AvgIpc) is 2.68. The van der Waals surface area contributed by atoms with Crippen LogP contribution in [0.2, 0.25) is 0 Å². The molecule has 4 nitrogen and oxygen atoms in total. The second kappa shape index (κ2) is 8.11. The topological polar surface area (TPSA) is 59.6 Å². The Hall–Kier alpha value is -0.450. The molecule has 116 valence electrons. The van der Waals surface area contributed by atoms with Crippen molar-refractivity contribution >= 4 is 5.78 Å². The van der Waals surface area contributed by atoms with Gasteiger partial charge in [-0.3, -0.25) is 4.79 Å². The Morgan fingerprint density at radius 3 is 2.35 bits per heavy atom. The molecule has 0 bridgehead atoms. The van der Waals surface area contributed by atoms with E-state index in [0.717, 1.165) is 19.3 Å². The Morgan fingerprint density at radius 1 is 1.05 bits per heavy atom. The molecule has 0 aromatic rings. The molecule has 0 amide bonds. The van der Waals surface area contributed by atoms with Gasteiger partial charge in [-0.05, 0) is 38.9 Å². The lowest BCUT2D eigenvalue weighted by Crippen LogP contribution is -3.25. The van der Waals surface area contributed by atoms with Crippen LogP contribution in [-0.4, -0.2) is 44.0 Å². The van der Waals surface area contributed by atoms with Gasteiger partial charge in [0.1, 0.15) is 0 Å². The highest BCUT2D eigenvalue weighted by molar-refractivity contribution is 5.87. The molecule has 3 aliphatic rings. The second-order valence-electron chi connectivity index (χ2n) is 6.52. The largest absolute Gasteiger partial charge is 0.330 e. The number of nitrogens with two attached hydrogens (primary N) is 1. The maximum atomic E-state index is 11.9. The summed E-state index contributed by atoms with van der Waals surface area (Å²) in [4.78, 5) is 13.5. The van der Waals surface area contributed by atoms with Crippen LogP contribution in [0.25, 0.3) is 0 Å². The summed E-state index contributed by atoms with van der Waals surface area (Å²) in [5.74, 6) is 0.483. The predicted molar refractivity (Wildman–Crippen MR) is 81.9 cm³/mol. The van der Waals surface area contributed by atoms with Crippen LogP contribution < -0.4 is 16.0 Å². The Morgan fingerprint density at radius 2 is 1.80 bits per heavy atom. The maximum absolute atomic E-state index is 11.9. The van der Waals surface area contributed by atoms with Gasteiger partial charge in [-0.15, -0.1) is 0 Å². The van der Waals surface area contributed by atoms with E-state index in [9.17, 15) is 4.79 Å². The van der Waals surface area contributed by atoms with Crippen molar-refractivity contribution in [2.24, 2.45) is 5.73 Å². The molecule has 2 atom stereocenters. The number of ketones is 1. The molecule has 20 heavy (non-hydrogen) atoms. The Bertz CT molecular complexity index is 288. The van der Waals surface area contributed by atoms with Gasteiger partial charge in [-0.2, -0.15) is 0 Å². The molecular formula is C16H32N3O+. The first-order valence-corrected chi connectivity index (χ1v) is 8.59. The zero-order chi connectivity index (χ0) is 14.3. The van der Waals surface area contributed by atoms with Crippen LogP contribution in [0.4, 0.5) is 0 Å². The van der Waals surface area contributed by atoms with E-state index >= 15 is 0 Å².